The Hall–Kier alpha value is -1.39. The van der Waals surface area contributed by atoms with Gasteiger partial charge >= 0.3 is 5.97 Å². The van der Waals surface area contributed by atoms with Gasteiger partial charge in [-0.25, -0.2) is 0 Å². The Kier molecular flexibility index (Phi) is 4.33. The zero-order chi connectivity index (χ0) is 13.0. The molecular formula is C14H20N2O2. The van der Waals surface area contributed by atoms with Crippen molar-refractivity contribution in [2.45, 2.75) is 32.0 Å². The molecule has 0 saturated carbocycles. The first kappa shape index (κ1) is 13.1. The van der Waals surface area contributed by atoms with Crippen molar-refractivity contribution in [1.82, 2.24) is 10.2 Å². The van der Waals surface area contributed by atoms with E-state index in [0.29, 0.717) is 6.04 Å². The molecule has 0 unspecified atom stereocenters. The van der Waals surface area contributed by atoms with E-state index in [1.54, 1.807) is 0 Å². The molecule has 1 aromatic carbocycles. The fraction of sp³-hybridized carbons (Fsp3) is 0.500. The molecule has 0 spiro atoms. The van der Waals surface area contributed by atoms with Gasteiger partial charge in [0, 0.05) is 31.7 Å². The lowest BCUT2D eigenvalue weighted by Gasteiger charge is -2.40. The number of carbonyl (C=O) groups is 1. The molecule has 2 N–H and O–H groups in total. The van der Waals surface area contributed by atoms with Crippen LogP contribution in [0.1, 0.15) is 18.9 Å². The van der Waals surface area contributed by atoms with Crippen LogP contribution in [0.15, 0.2) is 30.3 Å². The highest BCUT2D eigenvalue weighted by atomic mass is 16.4. The quantitative estimate of drug-likeness (QED) is 0.844. The van der Waals surface area contributed by atoms with Crippen molar-refractivity contribution in [2.24, 2.45) is 0 Å². The van der Waals surface area contributed by atoms with E-state index in [2.05, 4.69) is 29.3 Å². The minimum atomic E-state index is -0.728. The van der Waals surface area contributed by atoms with Gasteiger partial charge < -0.3 is 10.4 Å². The fourth-order valence-corrected chi connectivity index (χ4v) is 2.52. The van der Waals surface area contributed by atoms with Crippen molar-refractivity contribution < 1.29 is 9.90 Å². The molecule has 1 aromatic rings. The van der Waals surface area contributed by atoms with Crippen molar-refractivity contribution >= 4 is 5.97 Å². The van der Waals surface area contributed by atoms with Gasteiger partial charge in [-0.1, -0.05) is 30.3 Å². The van der Waals surface area contributed by atoms with Gasteiger partial charge in [0.15, 0.2) is 0 Å². The second kappa shape index (κ2) is 5.98. The van der Waals surface area contributed by atoms with E-state index in [1.165, 1.54) is 5.56 Å². The molecule has 2 atom stereocenters. The highest BCUT2D eigenvalue weighted by Crippen LogP contribution is 2.17. The third-order valence-corrected chi connectivity index (χ3v) is 3.47. The molecule has 2 rings (SSSR count). The number of piperazine rings is 1. The molecule has 0 aliphatic carbocycles. The van der Waals surface area contributed by atoms with E-state index in [-0.39, 0.29) is 12.5 Å². The van der Waals surface area contributed by atoms with Gasteiger partial charge in [-0.15, -0.1) is 0 Å². The Morgan fingerprint density at radius 1 is 1.39 bits per heavy atom. The van der Waals surface area contributed by atoms with Crippen LogP contribution in [0, 0.1) is 0 Å². The van der Waals surface area contributed by atoms with Gasteiger partial charge in [0.1, 0.15) is 0 Å². The van der Waals surface area contributed by atoms with Crippen LogP contribution < -0.4 is 5.32 Å². The molecule has 0 bridgehead atoms. The van der Waals surface area contributed by atoms with E-state index in [4.69, 9.17) is 5.11 Å². The number of nitrogens with one attached hydrogen (secondary N) is 1. The van der Waals surface area contributed by atoms with Crippen LogP contribution in [0.5, 0.6) is 0 Å². The summed E-state index contributed by atoms with van der Waals surface area (Å²) in [6.07, 6.45) is 0.199. The van der Waals surface area contributed by atoms with Crippen molar-refractivity contribution in [2.75, 3.05) is 13.1 Å². The monoisotopic (exact) mass is 248 g/mol. The maximum Gasteiger partial charge on any atom is 0.304 e. The van der Waals surface area contributed by atoms with Crippen LogP contribution in [0.2, 0.25) is 0 Å². The highest BCUT2D eigenvalue weighted by Gasteiger charge is 2.29. The fourth-order valence-electron chi connectivity index (χ4n) is 2.52. The lowest BCUT2D eigenvalue weighted by Crippen LogP contribution is -2.56. The van der Waals surface area contributed by atoms with Gasteiger partial charge in [-0.05, 0) is 12.5 Å². The Labute approximate surface area is 108 Å². The molecule has 1 aliphatic heterocycles. The number of hydrogen-bond acceptors (Lipinski definition) is 3. The molecule has 18 heavy (non-hydrogen) atoms. The summed E-state index contributed by atoms with van der Waals surface area (Å²) in [6, 6.07) is 10.7. The third-order valence-electron chi connectivity index (χ3n) is 3.47. The van der Waals surface area contributed by atoms with Gasteiger partial charge in [0.2, 0.25) is 0 Å². The Bertz CT molecular complexity index is 394. The van der Waals surface area contributed by atoms with Crippen molar-refractivity contribution in [3.63, 3.8) is 0 Å². The van der Waals surface area contributed by atoms with E-state index in [0.717, 1.165) is 19.6 Å². The summed E-state index contributed by atoms with van der Waals surface area (Å²) in [7, 11) is 0. The summed E-state index contributed by atoms with van der Waals surface area (Å²) < 4.78 is 0. The first-order valence-electron chi connectivity index (χ1n) is 6.39. The predicted octanol–water partition coefficient (Wildman–Crippen LogP) is 1.32. The molecular weight excluding hydrogens is 228 g/mol. The molecule has 1 saturated heterocycles. The number of carboxylic acid groups (broad SMARTS) is 1. The zero-order valence-corrected chi connectivity index (χ0v) is 10.7. The minimum absolute atomic E-state index is 0.0754. The SMILES string of the molecule is C[C@H]1CNC[C@@H](CC(=O)O)N1Cc1ccccc1. The van der Waals surface area contributed by atoms with Crippen LogP contribution in [0.4, 0.5) is 0 Å². The van der Waals surface area contributed by atoms with Crippen LogP contribution in [-0.4, -0.2) is 41.1 Å². The first-order valence-corrected chi connectivity index (χ1v) is 6.39. The van der Waals surface area contributed by atoms with E-state index in [9.17, 15) is 4.79 Å². The number of rotatable bonds is 4. The number of carboxylic acids is 1. The van der Waals surface area contributed by atoms with Gasteiger partial charge in [0.25, 0.3) is 0 Å². The zero-order valence-electron chi connectivity index (χ0n) is 10.7. The summed E-state index contributed by atoms with van der Waals surface area (Å²) in [5.74, 6) is -0.728. The molecule has 4 nitrogen and oxygen atoms in total. The smallest absolute Gasteiger partial charge is 0.304 e. The Morgan fingerprint density at radius 3 is 2.78 bits per heavy atom. The first-order chi connectivity index (χ1) is 8.66. The topological polar surface area (TPSA) is 52.6 Å². The standard InChI is InChI=1S/C14H20N2O2/c1-11-8-15-9-13(7-14(17)18)16(11)10-12-5-3-2-4-6-12/h2-6,11,13,15H,7-10H2,1H3,(H,17,18)/t11-,13+/m0/s1. The molecule has 98 valence electrons. The molecule has 4 heteroatoms. The third kappa shape index (κ3) is 3.31. The maximum atomic E-state index is 10.9. The number of benzene rings is 1. The number of aliphatic carboxylic acids is 1. The molecule has 1 aliphatic rings. The average molecular weight is 248 g/mol. The molecule has 0 amide bonds. The maximum absolute atomic E-state index is 10.9. The van der Waals surface area contributed by atoms with Crippen LogP contribution in [0.25, 0.3) is 0 Å². The molecule has 0 radical (unpaired) electrons. The van der Waals surface area contributed by atoms with E-state index < -0.39 is 5.97 Å². The van der Waals surface area contributed by atoms with E-state index in [1.807, 2.05) is 18.2 Å². The van der Waals surface area contributed by atoms with Crippen molar-refractivity contribution in [3.8, 4) is 0 Å². The summed E-state index contributed by atoms with van der Waals surface area (Å²) in [6.45, 7) is 4.64. The second-order valence-corrected chi connectivity index (χ2v) is 4.92. The summed E-state index contributed by atoms with van der Waals surface area (Å²) in [4.78, 5) is 13.2. The lowest BCUT2D eigenvalue weighted by molar-refractivity contribution is -0.139. The van der Waals surface area contributed by atoms with Gasteiger partial charge in [0.05, 0.1) is 6.42 Å². The van der Waals surface area contributed by atoms with Gasteiger partial charge in [-0.2, -0.15) is 0 Å². The normalized spacial score (nSPS) is 24.9. The van der Waals surface area contributed by atoms with Crippen molar-refractivity contribution in [3.05, 3.63) is 35.9 Å². The average Bonchev–Trinajstić information content (AvgIpc) is 2.34. The number of hydrogen-bond donors (Lipinski definition) is 2. The van der Waals surface area contributed by atoms with Crippen molar-refractivity contribution in [1.29, 1.82) is 0 Å². The second-order valence-electron chi connectivity index (χ2n) is 4.92. The number of nitrogens with zero attached hydrogens (tertiary/aromatic N) is 1. The van der Waals surface area contributed by atoms with E-state index >= 15 is 0 Å². The summed E-state index contributed by atoms with van der Waals surface area (Å²) in [5.41, 5.74) is 1.24. The molecule has 1 heterocycles. The lowest BCUT2D eigenvalue weighted by atomic mass is 10.0. The summed E-state index contributed by atoms with van der Waals surface area (Å²) >= 11 is 0. The molecule has 1 fully saturated rings. The Balaban J connectivity index is 2.07. The van der Waals surface area contributed by atoms with Crippen LogP contribution in [-0.2, 0) is 11.3 Å². The molecule has 0 aromatic heterocycles. The van der Waals surface area contributed by atoms with Crippen LogP contribution in [0.3, 0.4) is 0 Å². The van der Waals surface area contributed by atoms with Crippen LogP contribution >= 0.6 is 0 Å². The minimum Gasteiger partial charge on any atom is -0.481 e. The van der Waals surface area contributed by atoms with Gasteiger partial charge in [-0.3, -0.25) is 9.69 Å². The summed E-state index contributed by atoms with van der Waals surface area (Å²) in [5, 5.41) is 12.3. The largest absolute Gasteiger partial charge is 0.481 e. The predicted molar refractivity (Wildman–Crippen MR) is 70.4 cm³/mol. The highest BCUT2D eigenvalue weighted by molar-refractivity contribution is 5.67. The Morgan fingerprint density at radius 2 is 2.11 bits per heavy atom.